The Kier molecular flexibility index (Phi) is 4.66. The molecule has 0 saturated heterocycles. The van der Waals surface area contributed by atoms with Gasteiger partial charge in [-0.1, -0.05) is 12.8 Å². The molecule has 0 radical (unpaired) electrons. The van der Waals surface area contributed by atoms with Crippen LogP contribution in [0.3, 0.4) is 0 Å². The summed E-state index contributed by atoms with van der Waals surface area (Å²) in [4.78, 5) is 11.3. The lowest BCUT2D eigenvalue weighted by molar-refractivity contribution is -0.114. The summed E-state index contributed by atoms with van der Waals surface area (Å²) in [6, 6.07) is 5.81. The first-order chi connectivity index (χ1) is 10.7. The van der Waals surface area contributed by atoms with E-state index in [0.29, 0.717) is 12.3 Å². The van der Waals surface area contributed by atoms with Crippen molar-refractivity contribution in [1.29, 1.82) is 0 Å². The quantitative estimate of drug-likeness (QED) is 0.865. The summed E-state index contributed by atoms with van der Waals surface area (Å²) in [6.07, 6.45) is 8.21. The van der Waals surface area contributed by atoms with Crippen molar-refractivity contribution in [3.05, 3.63) is 30.0 Å². The minimum Gasteiger partial charge on any atom is -0.493 e. The van der Waals surface area contributed by atoms with Crippen molar-refractivity contribution >= 4 is 11.5 Å². The van der Waals surface area contributed by atoms with Gasteiger partial charge in [0.2, 0.25) is 0 Å². The van der Waals surface area contributed by atoms with Gasteiger partial charge in [-0.05, 0) is 37.3 Å². The summed E-state index contributed by atoms with van der Waals surface area (Å²) in [5.74, 6) is 2.37. The van der Waals surface area contributed by atoms with Crippen LogP contribution in [-0.2, 0) is 4.79 Å². The summed E-state index contributed by atoms with van der Waals surface area (Å²) in [6.45, 7) is 0.751. The Balaban J connectivity index is 1.68. The predicted octanol–water partition coefficient (Wildman–Crippen LogP) is 3.92. The summed E-state index contributed by atoms with van der Waals surface area (Å²) in [7, 11) is 1.66. The van der Waals surface area contributed by atoms with E-state index in [1.807, 2.05) is 18.2 Å². The number of methoxy groups -OCH3 is 1. The van der Waals surface area contributed by atoms with Gasteiger partial charge in [-0.25, -0.2) is 0 Å². The Labute approximate surface area is 131 Å². The highest BCUT2D eigenvalue weighted by molar-refractivity contribution is 5.93. The summed E-state index contributed by atoms with van der Waals surface area (Å²) in [5.41, 5.74) is 1.90. The van der Waals surface area contributed by atoms with E-state index in [1.54, 1.807) is 13.2 Å². The maximum Gasteiger partial charge on any atom is 0.163 e. The number of rotatable bonds is 6. The third-order valence-electron chi connectivity index (χ3n) is 4.39. The van der Waals surface area contributed by atoms with Crippen molar-refractivity contribution < 1.29 is 14.3 Å². The molecule has 0 unspecified atom stereocenters. The van der Waals surface area contributed by atoms with Crippen molar-refractivity contribution in [1.82, 2.24) is 0 Å². The minimum absolute atomic E-state index is 0.189. The fourth-order valence-electron chi connectivity index (χ4n) is 3.13. The van der Waals surface area contributed by atoms with E-state index in [9.17, 15) is 4.79 Å². The normalized spacial score (nSPS) is 18.4. The zero-order valence-electron chi connectivity index (χ0n) is 13.1. The number of allylic oxidation sites excluding steroid dienone is 2. The molecule has 0 aromatic heterocycles. The Morgan fingerprint density at radius 3 is 2.68 bits per heavy atom. The van der Waals surface area contributed by atoms with E-state index in [2.05, 4.69) is 5.32 Å². The van der Waals surface area contributed by atoms with Crippen LogP contribution < -0.4 is 14.8 Å². The number of carbonyl (C=O) groups is 1. The molecule has 1 saturated carbocycles. The van der Waals surface area contributed by atoms with E-state index < -0.39 is 0 Å². The van der Waals surface area contributed by atoms with Crippen LogP contribution in [0.25, 0.3) is 0 Å². The average molecular weight is 301 g/mol. The first kappa shape index (κ1) is 14.9. The summed E-state index contributed by atoms with van der Waals surface area (Å²) >= 11 is 0. The second-order valence-electron chi connectivity index (χ2n) is 6.09. The van der Waals surface area contributed by atoms with Crippen LogP contribution in [0.4, 0.5) is 5.69 Å². The second kappa shape index (κ2) is 6.86. The molecule has 4 nitrogen and oxygen atoms in total. The van der Waals surface area contributed by atoms with Gasteiger partial charge in [0.05, 0.1) is 13.7 Å². The number of nitrogens with one attached hydrogen (secondary N) is 1. The number of ketones is 1. The largest absolute Gasteiger partial charge is 0.493 e. The molecule has 4 heteroatoms. The Hall–Kier alpha value is -1.97. The van der Waals surface area contributed by atoms with Crippen LogP contribution >= 0.6 is 0 Å². The first-order valence-electron chi connectivity index (χ1n) is 8.06. The van der Waals surface area contributed by atoms with Crippen molar-refractivity contribution in [2.45, 2.75) is 38.5 Å². The maximum absolute atomic E-state index is 11.3. The van der Waals surface area contributed by atoms with Gasteiger partial charge < -0.3 is 14.8 Å². The monoisotopic (exact) mass is 301 g/mol. The molecule has 0 atom stereocenters. The number of ether oxygens (including phenoxy) is 2. The smallest absolute Gasteiger partial charge is 0.163 e. The van der Waals surface area contributed by atoms with Gasteiger partial charge in [-0.2, -0.15) is 0 Å². The third-order valence-corrected chi connectivity index (χ3v) is 4.39. The fourth-order valence-corrected chi connectivity index (χ4v) is 3.13. The molecule has 0 bridgehead atoms. The summed E-state index contributed by atoms with van der Waals surface area (Å²) < 4.78 is 11.4. The van der Waals surface area contributed by atoms with Crippen molar-refractivity contribution in [3.63, 3.8) is 0 Å². The van der Waals surface area contributed by atoms with Crippen LogP contribution in [0.5, 0.6) is 11.5 Å². The molecule has 3 rings (SSSR count). The Morgan fingerprint density at radius 1 is 1.18 bits per heavy atom. The number of benzene rings is 1. The zero-order chi connectivity index (χ0) is 15.4. The summed E-state index contributed by atoms with van der Waals surface area (Å²) in [5, 5.41) is 3.30. The molecule has 22 heavy (non-hydrogen) atoms. The van der Waals surface area contributed by atoms with Crippen molar-refractivity contribution in [2.24, 2.45) is 5.92 Å². The van der Waals surface area contributed by atoms with Gasteiger partial charge in [0.25, 0.3) is 0 Å². The molecule has 1 aromatic rings. The molecule has 2 aliphatic carbocycles. The highest BCUT2D eigenvalue weighted by Gasteiger charge is 2.17. The minimum atomic E-state index is 0.189. The number of hydrogen-bond donors (Lipinski definition) is 1. The van der Waals surface area contributed by atoms with Crippen LogP contribution in [0.2, 0.25) is 0 Å². The predicted molar refractivity (Wildman–Crippen MR) is 86.4 cm³/mol. The fraction of sp³-hybridized carbons (Fsp3) is 0.500. The van der Waals surface area contributed by atoms with Crippen molar-refractivity contribution in [3.8, 4) is 11.5 Å². The molecule has 1 fully saturated rings. The average Bonchev–Trinajstić information content (AvgIpc) is 3.17. The van der Waals surface area contributed by atoms with Crippen molar-refractivity contribution in [2.75, 3.05) is 19.0 Å². The molecule has 0 aliphatic heterocycles. The molecule has 0 amide bonds. The lowest BCUT2D eigenvalue weighted by atomic mass is 10.1. The maximum atomic E-state index is 11.3. The van der Waals surface area contributed by atoms with Gasteiger partial charge in [0.15, 0.2) is 17.3 Å². The SMILES string of the molecule is COc1ccc(NC2=CC(=O)CC2)cc1OCC1CCCC1. The van der Waals surface area contributed by atoms with Gasteiger partial charge in [-0.3, -0.25) is 4.79 Å². The number of hydrogen-bond acceptors (Lipinski definition) is 4. The lowest BCUT2D eigenvalue weighted by Crippen LogP contribution is -2.09. The van der Waals surface area contributed by atoms with E-state index in [1.165, 1.54) is 25.7 Å². The van der Waals surface area contributed by atoms with E-state index in [4.69, 9.17) is 9.47 Å². The van der Waals surface area contributed by atoms with Gasteiger partial charge in [0.1, 0.15) is 0 Å². The highest BCUT2D eigenvalue weighted by Crippen LogP contribution is 2.33. The molecule has 2 aliphatic rings. The zero-order valence-corrected chi connectivity index (χ0v) is 13.1. The topological polar surface area (TPSA) is 47.6 Å². The molecule has 0 heterocycles. The second-order valence-corrected chi connectivity index (χ2v) is 6.09. The molecule has 0 spiro atoms. The molecule has 1 N–H and O–H groups in total. The van der Waals surface area contributed by atoms with Crippen LogP contribution in [0, 0.1) is 5.92 Å². The lowest BCUT2D eigenvalue weighted by Gasteiger charge is -2.16. The Bertz CT molecular complexity index is 574. The number of carbonyl (C=O) groups excluding carboxylic acids is 1. The van der Waals surface area contributed by atoms with Crippen LogP contribution in [0.15, 0.2) is 30.0 Å². The standard InChI is InChI=1S/C18H23NO3/c1-21-17-9-7-15(19-14-6-8-16(20)10-14)11-18(17)22-12-13-4-2-3-5-13/h7,9-11,13,19H,2-6,8,12H2,1H3. The molecule has 1 aromatic carbocycles. The van der Waals surface area contributed by atoms with E-state index in [-0.39, 0.29) is 5.78 Å². The highest BCUT2D eigenvalue weighted by atomic mass is 16.5. The Morgan fingerprint density at radius 2 is 2.00 bits per heavy atom. The molecular weight excluding hydrogens is 278 g/mol. The molecular formula is C18H23NO3. The van der Waals surface area contributed by atoms with Crippen LogP contribution in [0.1, 0.15) is 38.5 Å². The van der Waals surface area contributed by atoms with E-state index in [0.717, 1.165) is 35.9 Å². The van der Waals surface area contributed by atoms with Gasteiger partial charge in [-0.15, -0.1) is 0 Å². The van der Waals surface area contributed by atoms with Gasteiger partial charge >= 0.3 is 0 Å². The molecule has 118 valence electrons. The van der Waals surface area contributed by atoms with Crippen LogP contribution in [-0.4, -0.2) is 19.5 Å². The third kappa shape index (κ3) is 3.62. The first-order valence-corrected chi connectivity index (χ1v) is 8.06. The number of anilines is 1. The van der Waals surface area contributed by atoms with E-state index >= 15 is 0 Å². The van der Waals surface area contributed by atoms with Gasteiger partial charge in [0, 0.05) is 29.9 Å².